The van der Waals surface area contributed by atoms with Crippen molar-refractivity contribution in [1.29, 1.82) is 0 Å². The Labute approximate surface area is 121 Å². The van der Waals surface area contributed by atoms with Gasteiger partial charge in [-0.1, -0.05) is 12.8 Å². The lowest BCUT2D eigenvalue weighted by Gasteiger charge is -2.28. The molecule has 2 rings (SSSR count). The number of rotatable bonds is 4. The highest BCUT2D eigenvalue weighted by atomic mass is 16.5. The molecule has 1 aromatic heterocycles. The molecule has 1 saturated heterocycles. The number of aromatic nitrogens is 1. The van der Waals surface area contributed by atoms with Gasteiger partial charge in [-0.05, 0) is 33.2 Å². The minimum atomic E-state index is 0.238. The topological polar surface area (TPSA) is 45.6 Å². The zero-order valence-electron chi connectivity index (χ0n) is 12.9. The second-order valence-electron chi connectivity index (χ2n) is 5.70. The lowest BCUT2D eigenvalue weighted by molar-refractivity contribution is 0.117. The molecule has 0 bridgehead atoms. The standard InChI is InChI=1S/C16H26N2O2/c1-12-9-17-15(13(2)16(12)20-3)10-18-8-6-4-5-7-14(18)11-19/h9,14,19H,4-8,10-11H2,1-3H3. The van der Waals surface area contributed by atoms with Gasteiger partial charge in [-0.2, -0.15) is 0 Å². The fraction of sp³-hybridized carbons (Fsp3) is 0.688. The number of hydrogen-bond donors (Lipinski definition) is 1. The van der Waals surface area contributed by atoms with Gasteiger partial charge >= 0.3 is 0 Å². The molecule has 1 aliphatic heterocycles. The summed E-state index contributed by atoms with van der Waals surface area (Å²) in [5, 5.41) is 9.59. The number of ether oxygens (including phenoxy) is 1. The van der Waals surface area contributed by atoms with Crippen LogP contribution in [-0.4, -0.2) is 41.3 Å². The lowest BCUT2D eigenvalue weighted by Crippen LogP contribution is -2.37. The molecule has 4 heteroatoms. The summed E-state index contributed by atoms with van der Waals surface area (Å²) < 4.78 is 5.48. The minimum absolute atomic E-state index is 0.238. The maximum Gasteiger partial charge on any atom is 0.128 e. The minimum Gasteiger partial charge on any atom is -0.496 e. The predicted octanol–water partition coefficient (Wildman–Crippen LogP) is 2.44. The molecule has 1 aliphatic rings. The smallest absolute Gasteiger partial charge is 0.128 e. The van der Waals surface area contributed by atoms with Crippen LogP contribution in [0.25, 0.3) is 0 Å². The van der Waals surface area contributed by atoms with Crippen molar-refractivity contribution in [3.05, 3.63) is 23.0 Å². The van der Waals surface area contributed by atoms with Crippen LogP contribution in [-0.2, 0) is 6.54 Å². The molecule has 0 spiro atoms. The van der Waals surface area contributed by atoms with Crippen LogP contribution in [0.2, 0.25) is 0 Å². The number of pyridine rings is 1. The molecule has 20 heavy (non-hydrogen) atoms. The summed E-state index contributed by atoms with van der Waals surface area (Å²) in [7, 11) is 1.71. The van der Waals surface area contributed by atoms with Crippen LogP contribution in [0, 0.1) is 13.8 Å². The molecule has 1 unspecified atom stereocenters. The van der Waals surface area contributed by atoms with Crippen LogP contribution in [0.15, 0.2) is 6.20 Å². The molecule has 2 heterocycles. The molecular formula is C16H26N2O2. The molecule has 1 aromatic rings. The number of aliphatic hydroxyl groups excluding tert-OH is 1. The third kappa shape index (κ3) is 3.30. The third-order valence-electron chi connectivity index (χ3n) is 4.31. The van der Waals surface area contributed by atoms with E-state index in [2.05, 4.69) is 16.8 Å². The number of nitrogens with zero attached hydrogens (tertiary/aromatic N) is 2. The van der Waals surface area contributed by atoms with E-state index < -0.39 is 0 Å². The normalized spacial score (nSPS) is 20.7. The van der Waals surface area contributed by atoms with Crippen molar-refractivity contribution in [3.8, 4) is 5.75 Å². The fourth-order valence-electron chi connectivity index (χ4n) is 3.07. The highest BCUT2D eigenvalue weighted by Gasteiger charge is 2.22. The SMILES string of the molecule is COc1c(C)cnc(CN2CCCCCC2CO)c1C. The Kier molecular flexibility index (Phi) is 5.38. The van der Waals surface area contributed by atoms with Crippen molar-refractivity contribution >= 4 is 0 Å². The highest BCUT2D eigenvalue weighted by Crippen LogP contribution is 2.26. The fourth-order valence-corrected chi connectivity index (χ4v) is 3.07. The first kappa shape index (κ1) is 15.3. The molecule has 1 N–H and O–H groups in total. The number of aryl methyl sites for hydroxylation is 1. The number of likely N-dealkylation sites (tertiary alicyclic amines) is 1. The van der Waals surface area contributed by atoms with Gasteiger partial charge in [0.05, 0.1) is 19.4 Å². The third-order valence-corrected chi connectivity index (χ3v) is 4.31. The molecule has 0 saturated carbocycles. The first-order valence-electron chi connectivity index (χ1n) is 7.51. The van der Waals surface area contributed by atoms with Crippen LogP contribution >= 0.6 is 0 Å². The highest BCUT2D eigenvalue weighted by molar-refractivity contribution is 5.41. The molecule has 0 amide bonds. The van der Waals surface area contributed by atoms with Crippen LogP contribution < -0.4 is 4.74 Å². The summed E-state index contributed by atoms with van der Waals surface area (Å²) in [5.74, 6) is 0.936. The summed E-state index contributed by atoms with van der Waals surface area (Å²) >= 11 is 0. The maximum absolute atomic E-state index is 9.59. The molecule has 0 radical (unpaired) electrons. The van der Waals surface area contributed by atoms with E-state index in [1.807, 2.05) is 13.1 Å². The monoisotopic (exact) mass is 278 g/mol. The van der Waals surface area contributed by atoms with Crippen molar-refractivity contribution in [2.45, 2.75) is 52.1 Å². The van der Waals surface area contributed by atoms with E-state index in [0.29, 0.717) is 0 Å². The Hall–Kier alpha value is -1.13. The van der Waals surface area contributed by atoms with Crippen molar-refractivity contribution in [3.63, 3.8) is 0 Å². The summed E-state index contributed by atoms with van der Waals surface area (Å²) in [5.41, 5.74) is 3.25. The van der Waals surface area contributed by atoms with Gasteiger partial charge in [0.1, 0.15) is 5.75 Å². The van der Waals surface area contributed by atoms with Gasteiger partial charge in [0.15, 0.2) is 0 Å². The first-order valence-corrected chi connectivity index (χ1v) is 7.51. The van der Waals surface area contributed by atoms with Crippen molar-refractivity contribution in [2.24, 2.45) is 0 Å². The van der Waals surface area contributed by atoms with Gasteiger partial charge in [-0.25, -0.2) is 0 Å². The molecule has 112 valence electrons. The van der Waals surface area contributed by atoms with Crippen molar-refractivity contribution < 1.29 is 9.84 Å². The van der Waals surface area contributed by atoms with Crippen molar-refractivity contribution in [1.82, 2.24) is 9.88 Å². The summed E-state index contributed by atoms with van der Waals surface area (Å²) in [4.78, 5) is 6.95. The van der Waals surface area contributed by atoms with Gasteiger partial charge in [-0.15, -0.1) is 0 Å². The molecule has 0 aliphatic carbocycles. The second-order valence-corrected chi connectivity index (χ2v) is 5.70. The molecule has 1 fully saturated rings. The van der Waals surface area contributed by atoms with E-state index in [1.165, 1.54) is 19.3 Å². The largest absolute Gasteiger partial charge is 0.496 e. The Morgan fingerprint density at radius 1 is 1.35 bits per heavy atom. The average Bonchev–Trinajstić information content (AvgIpc) is 2.67. The number of aliphatic hydroxyl groups is 1. The first-order chi connectivity index (χ1) is 9.67. The Bertz CT molecular complexity index is 448. The van der Waals surface area contributed by atoms with E-state index in [9.17, 15) is 5.11 Å². The van der Waals surface area contributed by atoms with Gasteiger partial charge in [0, 0.05) is 29.9 Å². The predicted molar refractivity (Wildman–Crippen MR) is 80.0 cm³/mol. The Balaban J connectivity index is 2.19. The van der Waals surface area contributed by atoms with Crippen LogP contribution in [0.4, 0.5) is 0 Å². The van der Waals surface area contributed by atoms with Gasteiger partial charge in [-0.3, -0.25) is 9.88 Å². The molecule has 4 nitrogen and oxygen atoms in total. The Morgan fingerprint density at radius 3 is 2.85 bits per heavy atom. The average molecular weight is 278 g/mol. The van der Waals surface area contributed by atoms with Crippen LogP contribution in [0.5, 0.6) is 5.75 Å². The van der Waals surface area contributed by atoms with E-state index >= 15 is 0 Å². The summed E-state index contributed by atoms with van der Waals surface area (Å²) in [6.07, 6.45) is 6.64. The van der Waals surface area contributed by atoms with E-state index in [-0.39, 0.29) is 12.6 Å². The maximum atomic E-state index is 9.59. The number of hydrogen-bond acceptors (Lipinski definition) is 4. The zero-order chi connectivity index (χ0) is 14.5. The lowest BCUT2D eigenvalue weighted by atomic mass is 10.1. The van der Waals surface area contributed by atoms with Gasteiger partial charge < -0.3 is 9.84 Å². The van der Waals surface area contributed by atoms with Crippen LogP contribution in [0.1, 0.15) is 42.5 Å². The molecule has 0 aromatic carbocycles. The van der Waals surface area contributed by atoms with Crippen LogP contribution in [0.3, 0.4) is 0 Å². The van der Waals surface area contributed by atoms with E-state index in [0.717, 1.165) is 42.1 Å². The second kappa shape index (κ2) is 7.04. The zero-order valence-corrected chi connectivity index (χ0v) is 12.9. The van der Waals surface area contributed by atoms with E-state index in [1.54, 1.807) is 7.11 Å². The summed E-state index contributed by atoms with van der Waals surface area (Å²) in [6.45, 7) is 6.17. The summed E-state index contributed by atoms with van der Waals surface area (Å²) in [6, 6.07) is 0.269. The van der Waals surface area contributed by atoms with E-state index in [4.69, 9.17) is 4.74 Å². The van der Waals surface area contributed by atoms with Crippen molar-refractivity contribution in [2.75, 3.05) is 20.3 Å². The molecule has 1 atom stereocenters. The van der Waals surface area contributed by atoms with Gasteiger partial charge in [0.2, 0.25) is 0 Å². The van der Waals surface area contributed by atoms with Gasteiger partial charge in [0.25, 0.3) is 0 Å². The quantitative estimate of drug-likeness (QED) is 0.919. The molecular weight excluding hydrogens is 252 g/mol. The Morgan fingerprint density at radius 2 is 2.15 bits per heavy atom. The number of methoxy groups -OCH3 is 1.